The first kappa shape index (κ1) is 12.9. The van der Waals surface area contributed by atoms with E-state index in [0.29, 0.717) is 6.61 Å². The number of nitrogens with two attached hydrogens (primary N) is 1. The third kappa shape index (κ3) is 2.90. The fourth-order valence-corrected chi connectivity index (χ4v) is 2.44. The van der Waals surface area contributed by atoms with Crippen LogP contribution in [0.25, 0.3) is 0 Å². The van der Waals surface area contributed by atoms with Crippen LogP contribution >= 0.6 is 11.8 Å². The molecule has 2 atom stereocenters. The molecule has 0 radical (unpaired) electrons. The molecule has 1 saturated heterocycles. The molecular formula is C10H14N2O3S. The molecule has 1 aliphatic heterocycles. The summed E-state index contributed by atoms with van der Waals surface area (Å²) in [5.74, 6) is 0.252. The number of thioether (sulfide) groups is 1. The van der Waals surface area contributed by atoms with Gasteiger partial charge in [-0.1, -0.05) is 6.42 Å². The van der Waals surface area contributed by atoms with Gasteiger partial charge in [0.2, 0.25) is 0 Å². The Labute approximate surface area is 98.7 Å². The Bertz CT molecular complexity index is 327. The van der Waals surface area contributed by atoms with Crippen molar-refractivity contribution in [1.82, 2.24) is 4.90 Å². The number of rotatable bonds is 5. The Hall–Kier alpha value is -1.19. The van der Waals surface area contributed by atoms with Gasteiger partial charge in [-0.15, -0.1) is 11.8 Å². The second kappa shape index (κ2) is 5.77. The van der Waals surface area contributed by atoms with Crippen LogP contribution < -0.4 is 5.73 Å². The van der Waals surface area contributed by atoms with Crippen LogP contribution in [0.3, 0.4) is 0 Å². The lowest BCUT2D eigenvalue weighted by Gasteiger charge is -2.40. The smallest absolute Gasteiger partial charge is 0.302 e. The summed E-state index contributed by atoms with van der Waals surface area (Å²) in [5, 5.41) is -0.144. The first-order valence-electron chi connectivity index (χ1n) is 4.87. The van der Waals surface area contributed by atoms with Crippen molar-refractivity contribution in [3.8, 4) is 12.5 Å². The van der Waals surface area contributed by atoms with Crippen LogP contribution in [-0.4, -0.2) is 40.6 Å². The number of likely N-dealkylation sites (tertiary alicyclic amines) is 1. The maximum Gasteiger partial charge on any atom is 0.302 e. The first-order chi connectivity index (χ1) is 7.57. The molecule has 0 aromatic carbocycles. The van der Waals surface area contributed by atoms with E-state index in [-0.39, 0.29) is 17.3 Å². The highest BCUT2D eigenvalue weighted by atomic mass is 32.2. The number of nitrogens with zero attached hydrogens (tertiary/aromatic N) is 1. The minimum Gasteiger partial charge on any atom is -0.466 e. The average molecular weight is 242 g/mol. The summed E-state index contributed by atoms with van der Waals surface area (Å²) >= 11 is 1.51. The number of carbonyl (C=O) groups excluding carboxylic acids is 2. The molecule has 16 heavy (non-hydrogen) atoms. The molecule has 1 amide bonds. The van der Waals surface area contributed by atoms with Crippen LogP contribution in [0.4, 0.5) is 0 Å². The van der Waals surface area contributed by atoms with Gasteiger partial charge in [-0.25, -0.2) is 0 Å². The molecule has 1 heterocycles. The van der Waals surface area contributed by atoms with Crippen molar-refractivity contribution in [3.63, 3.8) is 0 Å². The highest BCUT2D eigenvalue weighted by Gasteiger charge is 2.44. The lowest BCUT2D eigenvalue weighted by atomic mass is 10.1. The molecule has 5 nitrogen and oxygen atoms in total. The normalized spacial score (nSPS) is 23.6. The Balaban J connectivity index is 2.16. The van der Waals surface area contributed by atoms with Gasteiger partial charge in [-0.05, 0) is 12.2 Å². The zero-order valence-corrected chi connectivity index (χ0v) is 9.83. The molecule has 2 unspecified atom stereocenters. The van der Waals surface area contributed by atoms with Gasteiger partial charge in [0.1, 0.15) is 11.4 Å². The Kier molecular flexibility index (Phi) is 4.65. The lowest BCUT2D eigenvalue weighted by Crippen LogP contribution is -2.65. The van der Waals surface area contributed by atoms with Crippen molar-refractivity contribution in [2.45, 2.75) is 24.8 Å². The van der Waals surface area contributed by atoms with E-state index in [9.17, 15) is 9.59 Å². The van der Waals surface area contributed by atoms with Crippen molar-refractivity contribution in [3.05, 3.63) is 0 Å². The number of ether oxygens (including phenoxy) is 1. The van der Waals surface area contributed by atoms with Crippen molar-refractivity contribution in [1.29, 1.82) is 0 Å². The zero-order valence-electron chi connectivity index (χ0n) is 9.01. The molecule has 0 aromatic heterocycles. The van der Waals surface area contributed by atoms with E-state index in [1.807, 2.05) is 0 Å². The number of esters is 1. The predicted octanol–water partition coefficient (Wildman–Crippen LogP) is -0.241. The van der Waals surface area contributed by atoms with Crippen LogP contribution in [0.5, 0.6) is 0 Å². The molecule has 6 heteroatoms. The highest BCUT2D eigenvalue weighted by Crippen LogP contribution is 2.28. The van der Waals surface area contributed by atoms with Gasteiger partial charge >= 0.3 is 5.97 Å². The van der Waals surface area contributed by atoms with Crippen LogP contribution in [0.15, 0.2) is 0 Å². The van der Waals surface area contributed by atoms with E-state index >= 15 is 0 Å². The quantitative estimate of drug-likeness (QED) is 0.312. The van der Waals surface area contributed by atoms with E-state index in [1.54, 1.807) is 0 Å². The number of hydrogen-bond acceptors (Lipinski definition) is 5. The molecule has 1 fully saturated rings. The number of β-lactam (4-membered cyclic amide) rings is 1. The van der Waals surface area contributed by atoms with Crippen LogP contribution in [-0.2, 0) is 14.3 Å². The highest BCUT2D eigenvalue weighted by molar-refractivity contribution is 8.00. The summed E-state index contributed by atoms with van der Waals surface area (Å²) < 4.78 is 4.77. The maximum atomic E-state index is 11.2. The minimum atomic E-state index is -0.505. The molecule has 2 N–H and O–H groups in total. The largest absolute Gasteiger partial charge is 0.466 e. The molecule has 0 aliphatic carbocycles. The number of hydrogen-bond donors (Lipinski definition) is 1. The second-order valence-corrected chi connectivity index (χ2v) is 4.54. The van der Waals surface area contributed by atoms with Gasteiger partial charge < -0.3 is 10.5 Å². The van der Waals surface area contributed by atoms with E-state index in [0.717, 1.165) is 12.2 Å². The number of terminal acetylenes is 1. The molecule has 88 valence electrons. The van der Waals surface area contributed by atoms with E-state index in [1.165, 1.54) is 23.6 Å². The average Bonchev–Trinajstić information content (AvgIpc) is 2.26. The fraction of sp³-hybridized carbons (Fsp3) is 0.600. The van der Waals surface area contributed by atoms with Gasteiger partial charge in [-0.2, -0.15) is 0 Å². The molecule has 0 bridgehead atoms. The first-order valence-corrected chi connectivity index (χ1v) is 5.92. The van der Waals surface area contributed by atoms with Crippen molar-refractivity contribution < 1.29 is 14.3 Å². The van der Waals surface area contributed by atoms with Crippen molar-refractivity contribution >= 4 is 23.6 Å². The fourth-order valence-electron chi connectivity index (χ4n) is 1.28. The second-order valence-electron chi connectivity index (χ2n) is 3.32. The summed E-state index contributed by atoms with van der Waals surface area (Å²) in [6.07, 6.45) is 5.89. The summed E-state index contributed by atoms with van der Waals surface area (Å²) in [5.41, 5.74) is 5.60. The third-order valence-electron chi connectivity index (χ3n) is 2.11. The van der Waals surface area contributed by atoms with Crippen molar-refractivity contribution in [2.75, 3.05) is 12.4 Å². The Morgan fingerprint density at radius 3 is 3.00 bits per heavy atom. The van der Waals surface area contributed by atoms with E-state index in [4.69, 9.17) is 16.9 Å². The van der Waals surface area contributed by atoms with Gasteiger partial charge in [0.25, 0.3) is 5.91 Å². The molecule has 0 aromatic rings. The van der Waals surface area contributed by atoms with Crippen molar-refractivity contribution in [2.24, 2.45) is 5.73 Å². The van der Waals surface area contributed by atoms with E-state index in [2.05, 4.69) is 6.04 Å². The van der Waals surface area contributed by atoms with Gasteiger partial charge in [0.05, 0.1) is 6.61 Å². The summed E-state index contributed by atoms with van der Waals surface area (Å²) in [4.78, 5) is 22.9. The molecular weight excluding hydrogens is 228 g/mol. The SMILES string of the molecule is C#CN1C(=O)C(N)C1SCCCOC(C)=O. The lowest BCUT2D eigenvalue weighted by molar-refractivity contribution is -0.141. The van der Waals surface area contributed by atoms with Crippen LogP contribution in [0.2, 0.25) is 0 Å². The van der Waals surface area contributed by atoms with Crippen LogP contribution in [0, 0.1) is 12.5 Å². The third-order valence-corrected chi connectivity index (χ3v) is 3.48. The standard InChI is InChI=1S/C10H14N2O3S/c1-3-12-9(14)8(11)10(12)16-6-4-5-15-7(2)13/h1,8,10H,4-6,11H2,2H3. The minimum absolute atomic E-state index is 0.144. The molecule has 0 spiro atoms. The van der Waals surface area contributed by atoms with E-state index < -0.39 is 6.04 Å². The molecule has 1 aliphatic rings. The number of amides is 1. The Morgan fingerprint density at radius 1 is 1.75 bits per heavy atom. The van der Waals surface area contributed by atoms with Gasteiger partial charge in [-0.3, -0.25) is 14.5 Å². The summed E-state index contributed by atoms with van der Waals surface area (Å²) in [7, 11) is 0. The molecule has 1 rings (SSSR count). The molecule has 0 saturated carbocycles. The van der Waals surface area contributed by atoms with Gasteiger partial charge in [0.15, 0.2) is 0 Å². The van der Waals surface area contributed by atoms with Gasteiger partial charge in [0, 0.05) is 13.0 Å². The summed E-state index contributed by atoms with van der Waals surface area (Å²) in [6.45, 7) is 1.75. The zero-order chi connectivity index (χ0) is 12.1. The maximum absolute atomic E-state index is 11.2. The monoisotopic (exact) mass is 242 g/mol. The number of carbonyl (C=O) groups is 2. The Morgan fingerprint density at radius 2 is 2.44 bits per heavy atom. The summed E-state index contributed by atoms with van der Waals surface area (Å²) in [6, 6.07) is 1.78. The topological polar surface area (TPSA) is 72.6 Å². The van der Waals surface area contributed by atoms with Crippen LogP contribution in [0.1, 0.15) is 13.3 Å². The predicted molar refractivity (Wildman–Crippen MR) is 61.2 cm³/mol.